The highest BCUT2D eigenvalue weighted by Gasteiger charge is 2.30. The smallest absolute Gasteiger partial charge is 0.324 e. The number of para-hydroxylation sites is 1. The molecule has 0 saturated carbocycles. The number of halogens is 3. The van der Waals surface area contributed by atoms with Crippen LogP contribution in [0, 0.1) is 0 Å². The van der Waals surface area contributed by atoms with Crippen LogP contribution in [-0.2, 0) is 11.0 Å². The zero-order valence-electron chi connectivity index (χ0n) is 17.4. The number of hydrogen-bond acceptors (Lipinski definition) is 3. The van der Waals surface area contributed by atoms with Crippen LogP contribution in [-0.4, -0.2) is 16.8 Å². The second-order valence-electron chi connectivity index (χ2n) is 7.35. The van der Waals surface area contributed by atoms with E-state index in [9.17, 15) is 22.8 Å². The van der Waals surface area contributed by atoms with Crippen LogP contribution < -0.4 is 10.6 Å². The molecule has 0 unspecified atom stereocenters. The van der Waals surface area contributed by atoms with Crippen LogP contribution in [0.3, 0.4) is 0 Å². The molecule has 4 aromatic rings. The molecule has 3 aromatic carbocycles. The van der Waals surface area contributed by atoms with Gasteiger partial charge in [-0.25, -0.2) is 0 Å². The lowest BCUT2D eigenvalue weighted by molar-refractivity contribution is -0.137. The van der Waals surface area contributed by atoms with Crippen molar-refractivity contribution in [2.45, 2.75) is 13.1 Å². The number of hydrogen-bond donors (Lipinski definition) is 2. The highest BCUT2D eigenvalue weighted by atomic mass is 19.4. The summed E-state index contributed by atoms with van der Waals surface area (Å²) in [4.78, 5) is 28.5. The fourth-order valence-corrected chi connectivity index (χ4v) is 3.52. The van der Waals surface area contributed by atoms with E-state index in [1.54, 1.807) is 36.5 Å². The Morgan fingerprint density at radius 1 is 0.879 bits per heavy atom. The molecule has 2 N–H and O–H groups in total. The first-order chi connectivity index (χ1) is 15.7. The van der Waals surface area contributed by atoms with Gasteiger partial charge in [0.25, 0.3) is 5.91 Å². The van der Waals surface area contributed by atoms with E-state index in [1.165, 1.54) is 19.1 Å². The van der Waals surface area contributed by atoms with Gasteiger partial charge in [0, 0.05) is 29.8 Å². The SMILES string of the molecule is CC(=O)Nc1cccc2c(-c3cccc(NC(=O)c4cccc(C(F)(F)F)c4)c3)ccnc12. The van der Waals surface area contributed by atoms with Crippen LogP contribution in [0.5, 0.6) is 0 Å². The van der Waals surface area contributed by atoms with Crippen molar-refractivity contribution >= 4 is 34.1 Å². The first-order valence-electron chi connectivity index (χ1n) is 9.97. The molecule has 33 heavy (non-hydrogen) atoms. The number of anilines is 2. The number of fused-ring (bicyclic) bond motifs is 1. The maximum atomic E-state index is 13.0. The van der Waals surface area contributed by atoms with Crippen LogP contribution in [0.25, 0.3) is 22.0 Å². The Hall–Kier alpha value is -4.20. The summed E-state index contributed by atoms with van der Waals surface area (Å²) in [6.07, 6.45) is -2.91. The number of aromatic nitrogens is 1. The van der Waals surface area contributed by atoms with Gasteiger partial charge < -0.3 is 10.6 Å². The Morgan fingerprint density at radius 3 is 2.39 bits per heavy atom. The van der Waals surface area contributed by atoms with Crippen molar-refractivity contribution in [1.82, 2.24) is 4.98 Å². The van der Waals surface area contributed by atoms with E-state index in [0.717, 1.165) is 28.6 Å². The van der Waals surface area contributed by atoms with Crippen LogP contribution >= 0.6 is 0 Å². The summed E-state index contributed by atoms with van der Waals surface area (Å²) in [7, 11) is 0. The predicted octanol–water partition coefficient (Wildman–Crippen LogP) is 6.13. The topological polar surface area (TPSA) is 71.1 Å². The van der Waals surface area contributed by atoms with Gasteiger partial charge in [0.1, 0.15) is 0 Å². The molecule has 1 heterocycles. The van der Waals surface area contributed by atoms with E-state index in [1.807, 2.05) is 18.2 Å². The van der Waals surface area contributed by atoms with Gasteiger partial charge in [0.05, 0.1) is 16.8 Å². The minimum Gasteiger partial charge on any atom is -0.324 e. The first-order valence-corrected chi connectivity index (χ1v) is 9.97. The van der Waals surface area contributed by atoms with Gasteiger partial charge in [0.15, 0.2) is 0 Å². The standard InChI is InChI=1S/C25H18F3N3O2/c1-15(32)30-22-10-4-9-21-20(11-12-29-23(21)22)16-5-3-8-19(14-16)31-24(33)17-6-2-7-18(13-17)25(26,27)28/h2-14H,1H3,(H,30,32)(H,31,33). The van der Waals surface area contributed by atoms with Crippen molar-refractivity contribution in [3.05, 3.63) is 90.1 Å². The predicted molar refractivity (Wildman–Crippen MR) is 121 cm³/mol. The molecule has 4 rings (SSSR count). The zero-order valence-corrected chi connectivity index (χ0v) is 17.4. The Balaban J connectivity index is 1.66. The molecular weight excluding hydrogens is 431 g/mol. The molecule has 0 fully saturated rings. The molecule has 1 aromatic heterocycles. The lowest BCUT2D eigenvalue weighted by Crippen LogP contribution is -2.14. The van der Waals surface area contributed by atoms with Crippen LogP contribution in [0.15, 0.2) is 79.0 Å². The Labute approximate surface area is 187 Å². The van der Waals surface area contributed by atoms with E-state index >= 15 is 0 Å². The molecule has 0 spiro atoms. The largest absolute Gasteiger partial charge is 0.416 e. The lowest BCUT2D eigenvalue weighted by atomic mass is 10.00. The number of nitrogens with one attached hydrogen (secondary N) is 2. The number of pyridine rings is 1. The Kier molecular flexibility index (Phi) is 5.83. The molecule has 8 heteroatoms. The van der Waals surface area contributed by atoms with E-state index in [2.05, 4.69) is 15.6 Å². The summed E-state index contributed by atoms with van der Waals surface area (Å²) in [5.74, 6) is -0.861. The average Bonchev–Trinajstić information content (AvgIpc) is 2.78. The van der Waals surface area contributed by atoms with E-state index in [4.69, 9.17) is 0 Å². The fraction of sp³-hybridized carbons (Fsp3) is 0.0800. The Bertz CT molecular complexity index is 1370. The summed E-state index contributed by atoms with van der Waals surface area (Å²) in [5.41, 5.74) is 2.23. The Morgan fingerprint density at radius 2 is 1.64 bits per heavy atom. The van der Waals surface area contributed by atoms with Crippen molar-refractivity contribution in [3.63, 3.8) is 0 Å². The number of rotatable bonds is 4. The molecule has 0 aliphatic carbocycles. The number of nitrogens with zero attached hydrogens (tertiary/aromatic N) is 1. The van der Waals surface area contributed by atoms with Gasteiger partial charge in [-0.1, -0.05) is 30.3 Å². The van der Waals surface area contributed by atoms with Gasteiger partial charge in [-0.05, 0) is 53.6 Å². The molecule has 2 amide bonds. The number of carbonyl (C=O) groups excluding carboxylic acids is 2. The summed E-state index contributed by atoms with van der Waals surface area (Å²) < 4.78 is 38.9. The molecule has 166 valence electrons. The quantitative estimate of drug-likeness (QED) is 0.394. The number of alkyl halides is 3. The van der Waals surface area contributed by atoms with Crippen molar-refractivity contribution in [1.29, 1.82) is 0 Å². The second kappa shape index (κ2) is 8.74. The molecule has 0 aliphatic heterocycles. The number of amides is 2. The highest BCUT2D eigenvalue weighted by Crippen LogP contribution is 2.33. The van der Waals surface area contributed by atoms with Crippen LogP contribution in [0.2, 0.25) is 0 Å². The summed E-state index contributed by atoms with van der Waals surface area (Å²) in [5, 5.41) is 6.21. The third-order valence-corrected chi connectivity index (χ3v) is 4.97. The van der Waals surface area contributed by atoms with Crippen molar-refractivity contribution in [2.24, 2.45) is 0 Å². The molecule has 0 aliphatic rings. The number of benzene rings is 3. The minimum atomic E-state index is -4.53. The molecule has 5 nitrogen and oxygen atoms in total. The lowest BCUT2D eigenvalue weighted by Gasteiger charge is -2.12. The molecular formula is C25H18F3N3O2. The molecule has 0 bridgehead atoms. The van der Waals surface area contributed by atoms with Crippen LogP contribution in [0.4, 0.5) is 24.5 Å². The molecule has 0 saturated heterocycles. The maximum Gasteiger partial charge on any atom is 0.416 e. The third-order valence-electron chi connectivity index (χ3n) is 4.97. The fourth-order valence-electron chi connectivity index (χ4n) is 3.52. The second-order valence-corrected chi connectivity index (χ2v) is 7.35. The normalized spacial score (nSPS) is 11.3. The van der Waals surface area contributed by atoms with E-state index < -0.39 is 17.6 Å². The van der Waals surface area contributed by atoms with Crippen LogP contribution in [0.1, 0.15) is 22.8 Å². The van der Waals surface area contributed by atoms with Gasteiger partial charge in [-0.3, -0.25) is 14.6 Å². The van der Waals surface area contributed by atoms with Crippen molar-refractivity contribution in [3.8, 4) is 11.1 Å². The van der Waals surface area contributed by atoms with Gasteiger partial charge >= 0.3 is 6.18 Å². The van der Waals surface area contributed by atoms with E-state index in [-0.39, 0.29) is 11.5 Å². The zero-order chi connectivity index (χ0) is 23.6. The maximum absolute atomic E-state index is 13.0. The summed E-state index contributed by atoms with van der Waals surface area (Å²) in [6.45, 7) is 1.42. The van der Waals surface area contributed by atoms with Gasteiger partial charge in [-0.15, -0.1) is 0 Å². The third kappa shape index (κ3) is 4.85. The monoisotopic (exact) mass is 449 g/mol. The van der Waals surface area contributed by atoms with Crippen molar-refractivity contribution < 1.29 is 22.8 Å². The summed E-state index contributed by atoms with van der Waals surface area (Å²) >= 11 is 0. The van der Waals surface area contributed by atoms with E-state index in [0.29, 0.717) is 16.9 Å². The molecule has 0 radical (unpaired) electrons. The van der Waals surface area contributed by atoms with Gasteiger partial charge in [0.2, 0.25) is 5.91 Å². The minimum absolute atomic E-state index is 0.0930. The highest BCUT2D eigenvalue weighted by molar-refractivity contribution is 6.06. The first kappa shape index (κ1) is 22.0. The van der Waals surface area contributed by atoms with Gasteiger partial charge in [-0.2, -0.15) is 13.2 Å². The summed E-state index contributed by atoms with van der Waals surface area (Å²) in [6, 6.07) is 18.5. The average molecular weight is 449 g/mol. The van der Waals surface area contributed by atoms with Crippen molar-refractivity contribution in [2.75, 3.05) is 10.6 Å². The molecule has 0 atom stereocenters. The number of carbonyl (C=O) groups is 2.